The van der Waals surface area contributed by atoms with Crippen LogP contribution in [-0.2, 0) is 9.53 Å². The van der Waals surface area contributed by atoms with Crippen LogP contribution < -0.4 is 0 Å². The molecule has 148 valence electrons. The van der Waals surface area contributed by atoms with E-state index in [2.05, 4.69) is 37.5 Å². The predicted octanol–water partition coefficient (Wildman–Crippen LogP) is 2.31. The van der Waals surface area contributed by atoms with Crippen molar-refractivity contribution in [2.75, 3.05) is 39.4 Å². The van der Waals surface area contributed by atoms with Crippen LogP contribution in [0.4, 0.5) is 0 Å². The summed E-state index contributed by atoms with van der Waals surface area (Å²) >= 11 is 0. The highest BCUT2D eigenvalue weighted by Crippen LogP contribution is 2.30. The molecule has 3 aliphatic rings. The van der Waals surface area contributed by atoms with E-state index in [0.29, 0.717) is 31.5 Å². The number of rotatable bonds is 6. The van der Waals surface area contributed by atoms with Crippen LogP contribution in [0.2, 0.25) is 0 Å². The SMILES string of the molecule is C=C(C(=O)N1CC2=C(CC(N3CCOCC3)C=C2)C1)C(O)C/C=C/C(C)C. The summed E-state index contributed by atoms with van der Waals surface area (Å²) in [6, 6.07) is 0.401. The van der Waals surface area contributed by atoms with Crippen LogP contribution in [0.5, 0.6) is 0 Å². The lowest BCUT2D eigenvalue weighted by Gasteiger charge is -2.34. The van der Waals surface area contributed by atoms with E-state index < -0.39 is 6.10 Å². The summed E-state index contributed by atoms with van der Waals surface area (Å²) in [6.07, 6.45) is 8.99. The number of carbonyl (C=O) groups is 1. The van der Waals surface area contributed by atoms with E-state index in [1.807, 2.05) is 17.1 Å². The second-order valence-electron chi connectivity index (χ2n) is 8.02. The monoisotopic (exact) mass is 372 g/mol. The molecule has 2 unspecified atom stereocenters. The van der Waals surface area contributed by atoms with E-state index in [0.717, 1.165) is 32.7 Å². The molecule has 0 aromatic heterocycles. The molecule has 2 atom stereocenters. The highest BCUT2D eigenvalue weighted by Gasteiger charge is 2.32. The Labute approximate surface area is 162 Å². The minimum atomic E-state index is -0.818. The minimum Gasteiger partial charge on any atom is -0.388 e. The summed E-state index contributed by atoms with van der Waals surface area (Å²) < 4.78 is 5.45. The molecule has 0 bridgehead atoms. The Morgan fingerprint density at radius 1 is 1.37 bits per heavy atom. The largest absolute Gasteiger partial charge is 0.388 e. The van der Waals surface area contributed by atoms with Gasteiger partial charge in [-0.1, -0.05) is 44.7 Å². The molecular formula is C22H32N2O3. The van der Waals surface area contributed by atoms with Crippen molar-refractivity contribution in [2.24, 2.45) is 5.92 Å². The van der Waals surface area contributed by atoms with Gasteiger partial charge in [0.2, 0.25) is 0 Å². The fourth-order valence-electron chi connectivity index (χ4n) is 3.89. The van der Waals surface area contributed by atoms with E-state index in [-0.39, 0.29) is 11.5 Å². The quantitative estimate of drug-likeness (QED) is 0.574. The van der Waals surface area contributed by atoms with Gasteiger partial charge in [-0.15, -0.1) is 0 Å². The predicted molar refractivity (Wildman–Crippen MR) is 107 cm³/mol. The van der Waals surface area contributed by atoms with Crippen molar-refractivity contribution in [2.45, 2.75) is 38.8 Å². The molecule has 2 heterocycles. The Bertz CT molecular complexity index is 656. The van der Waals surface area contributed by atoms with Gasteiger partial charge in [0.15, 0.2) is 0 Å². The first kappa shape index (κ1) is 20.1. The summed E-state index contributed by atoms with van der Waals surface area (Å²) in [5.41, 5.74) is 2.87. The van der Waals surface area contributed by atoms with Crippen molar-refractivity contribution < 1.29 is 14.6 Å². The zero-order valence-electron chi connectivity index (χ0n) is 16.6. The highest BCUT2D eigenvalue weighted by atomic mass is 16.5. The standard InChI is InChI=1S/C22H32N2O3/c1-16(2)5-4-6-21(25)17(3)22(26)24-14-18-7-8-20(13-19(18)15-24)23-9-11-27-12-10-23/h4-5,7-8,16,20-21,25H,3,6,9-15H2,1-2H3/b5-4+. The number of hydrogen-bond donors (Lipinski definition) is 1. The number of aliphatic hydroxyl groups is 1. The van der Waals surface area contributed by atoms with Crippen LogP contribution >= 0.6 is 0 Å². The number of hydrogen-bond acceptors (Lipinski definition) is 4. The maximum Gasteiger partial charge on any atom is 0.252 e. The molecule has 1 amide bonds. The van der Waals surface area contributed by atoms with Crippen LogP contribution in [0.15, 0.2) is 47.6 Å². The van der Waals surface area contributed by atoms with Gasteiger partial charge in [-0.25, -0.2) is 0 Å². The molecular weight excluding hydrogens is 340 g/mol. The summed E-state index contributed by atoms with van der Waals surface area (Å²) in [5.74, 6) is 0.299. The Hall–Kier alpha value is -1.69. The average molecular weight is 373 g/mol. The Morgan fingerprint density at radius 3 is 2.81 bits per heavy atom. The molecule has 5 nitrogen and oxygen atoms in total. The summed E-state index contributed by atoms with van der Waals surface area (Å²) in [5, 5.41) is 10.3. The van der Waals surface area contributed by atoms with Gasteiger partial charge >= 0.3 is 0 Å². The molecule has 1 saturated heterocycles. The molecule has 0 saturated carbocycles. The Balaban J connectivity index is 1.53. The summed E-state index contributed by atoms with van der Waals surface area (Å²) in [7, 11) is 0. The number of aliphatic hydroxyl groups excluding tert-OH is 1. The van der Waals surface area contributed by atoms with Crippen LogP contribution in [0, 0.1) is 5.92 Å². The van der Waals surface area contributed by atoms with Crippen molar-refractivity contribution in [3.63, 3.8) is 0 Å². The second-order valence-corrected chi connectivity index (χ2v) is 8.02. The van der Waals surface area contributed by atoms with Crippen LogP contribution in [0.25, 0.3) is 0 Å². The number of amides is 1. The van der Waals surface area contributed by atoms with Gasteiger partial charge in [-0.05, 0) is 29.9 Å². The third-order valence-corrected chi connectivity index (χ3v) is 5.53. The van der Waals surface area contributed by atoms with Gasteiger partial charge in [0.05, 0.1) is 19.3 Å². The van der Waals surface area contributed by atoms with Crippen LogP contribution in [0.3, 0.4) is 0 Å². The molecule has 0 spiro atoms. The molecule has 1 N–H and O–H groups in total. The van der Waals surface area contributed by atoms with Crippen molar-refractivity contribution in [1.82, 2.24) is 9.80 Å². The number of morpholine rings is 1. The second kappa shape index (κ2) is 9.00. The maximum atomic E-state index is 12.8. The normalized spacial score (nSPS) is 24.7. The smallest absolute Gasteiger partial charge is 0.252 e. The van der Waals surface area contributed by atoms with Crippen molar-refractivity contribution >= 4 is 5.91 Å². The fourth-order valence-corrected chi connectivity index (χ4v) is 3.89. The van der Waals surface area contributed by atoms with E-state index in [4.69, 9.17) is 4.74 Å². The zero-order valence-corrected chi connectivity index (χ0v) is 16.6. The molecule has 1 fully saturated rings. The average Bonchev–Trinajstić information content (AvgIpc) is 3.10. The summed E-state index contributed by atoms with van der Waals surface area (Å²) in [4.78, 5) is 17.0. The Morgan fingerprint density at radius 2 is 2.11 bits per heavy atom. The van der Waals surface area contributed by atoms with E-state index in [9.17, 15) is 9.90 Å². The lowest BCUT2D eigenvalue weighted by Crippen LogP contribution is -2.43. The molecule has 0 aromatic carbocycles. The van der Waals surface area contributed by atoms with Crippen LogP contribution in [-0.4, -0.2) is 72.4 Å². The zero-order chi connectivity index (χ0) is 19.4. The van der Waals surface area contributed by atoms with Gasteiger partial charge in [0.1, 0.15) is 0 Å². The molecule has 3 rings (SSSR count). The third kappa shape index (κ3) is 4.98. The van der Waals surface area contributed by atoms with Crippen molar-refractivity contribution in [1.29, 1.82) is 0 Å². The van der Waals surface area contributed by atoms with Gasteiger partial charge in [0, 0.05) is 37.8 Å². The highest BCUT2D eigenvalue weighted by molar-refractivity contribution is 5.94. The molecule has 0 radical (unpaired) electrons. The van der Waals surface area contributed by atoms with Gasteiger partial charge < -0.3 is 14.7 Å². The number of allylic oxidation sites excluding steroid dienone is 1. The molecule has 27 heavy (non-hydrogen) atoms. The Kier molecular flexibility index (Phi) is 6.68. The van der Waals surface area contributed by atoms with Gasteiger partial charge in [0.25, 0.3) is 5.91 Å². The van der Waals surface area contributed by atoms with Crippen molar-refractivity contribution in [3.05, 3.63) is 47.6 Å². The van der Waals surface area contributed by atoms with E-state index in [1.165, 1.54) is 11.1 Å². The van der Waals surface area contributed by atoms with E-state index in [1.54, 1.807) is 0 Å². The molecule has 5 heteroatoms. The fraction of sp³-hybridized carbons (Fsp3) is 0.591. The number of ether oxygens (including phenoxy) is 1. The first-order chi connectivity index (χ1) is 13.0. The third-order valence-electron chi connectivity index (χ3n) is 5.53. The molecule has 1 aliphatic carbocycles. The lowest BCUT2D eigenvalue weighted by molar-refractivity contribution is -0.127. The summed E-state index contributed by atoms with van der Waals surface area (Å²) in [6.45, 7) is 12.8. The topological polar surface area (TPSA) is 53.0 Å². The number of nitrogens with zero attached hydrogens (tertiary/aromatic N) is 2. The van der Waals surface area contributed by atoms with E-state index >= 15 is 0 Å². The van der Waals surface area contributed by atoms with Gasteiger partial charge in [-0.3, -0.25) is 9.69 Å². The molecule has 2 aliphatic heterocycles. The minimum absolute atomic E-state index is 0.133. The lowest BCUT2D eigenvalue weighted by atomic mass is 9.95. The molecule has 0 aromatic rings. The maximum absolute atomic E-state index is 12.8. The van der Waals surface area contributed by atoms with Gasteiger partial charge in [-0.2, -0.15) is 0 Å². The first-order valence-corrected chi connectivity index (χ1v) is 9.99. The van der Waals surface area contributed by atoms with Crippen molar-refractivity contribution in [3.8, 4) is 0 Å². The number of carbonyl (C=O) groups excluding carboxylic acids is 1. The van der Waals surface area contributed by atoms with Crippen LogP contribution in [0.1, 0.15) is 26.7 Å². The first-order valence-electron chi connectivity index (χ1n) is 9.99.